The summed E-state index contributed by atoms with van der Waals surface area (Å²) in [5, 5.41) is 38.1. The lowest BCUT2D eigenvalue weighted by atomic mass is 9.34. The van der Waals surface area contributed by atoms with Crippen molar-refractivity contribution in [3.05, 3.63) is 70.8 Å². The van der Waals surface area contributed by atoms with Crippen molar-refractivity contribution in [1.29, 1.82) is 0 Å². The molecular weight excluding hydrogens is 749 g/mol. The minimum atomic E-state index is -0.853. The molecule has 8 nitrogen and oxygen atoms in total. The van der Waals surface area contributed by atoms with Crippen LogP contribution in [-0.2, 0) is 14.3 Å². The number of ether oxygens (including phenoxy) is 1. The number of aliphatic hydroxyl groups is 2. The highest BCUT2D eigenvalue weighted by Crippen LogP contribution is 2.75. The Kier molecular flexibility index (Phi) is 10.2. The number of nitrogen functional groups attached to an aromatic ring is 1. The number of nitrogens with two attached hydrogens (primary N) is 1. The van der Waals surface area contributed by atoms with Crippen LogP contribution in [0.15, 0.2) is 59.7 Å². The van der Waals surface area contributed by atoms with Gasteiger partial charge in [0, 0.05) is 41.4 Å². The van der Waals surface area contributed by atoms with E-state index in [2.05, 4.69) is 59.0 Å². The van der Waals surface area contributed by atoms with E-state index >= 15 is 4.79 Å². The highest BCUT2D eigenvalue weighted by molar-refractivity contribution is 6.00. The van der Waals surface area contributed by atoms with Gasteiger partial charge in [0.25, 0.3) is 0 Å². The average molecular weight is 821 g/mol. The number of fused-ring (bicyclic) bond motifs is 4. The van der Waals surface area contributed by atoms with Crippen molar-refractivity contribution in [2.24, 2.45) is 45.3 Å². The minimum absolute atomic E-state index is 0.0223. The van der Waals surface area contributed by atoms with Gasteiger partial charge in [0.2, 0.25) is 0 Å². The van der Waals surface area contributed by atoms with Crippen molar-refractivity contribution >= 4 is 17.3 Å². The zero-order valence-corrected chi connectivity index (χ0v) is 37.4. The van der Waals surface area contributed by atoms with Gasteiger partial charge in [-0.2, -0.15) is 0 Å². The number of ketones is 2. The molecule has 60 heavy (non-hydrogen) atoms. The molecule has 0 radical (unpaired) electrons. The van der Waals surface area contributed by atoms with Crippen LogP contribution in [-0.4, -0.2) is 62.9 Å². The second kappa shape index (κ2) is 14.5. The van der Waals surface area contributed by atoms with E-state index < -0.39 is 22.7 Å². The molecule has 0 spiro atoms. The molecular formula is C52H72N2O6. The van der Waals surface area contributed by atoms with Crippen LogP contribution in [0.4, 0.5) is 5.69 Å². The van der Waals surface area contributed by atoms with Crippen molar-refractivity contribution in [2.45, 2.75) is 173 Å². The quantitative estimate of drug-likeness (QED) is 0.137. The lowest BCUT2D eigenvalue weighted by Crippen LogP contribution is -2.70. The largest absolute Gasteiger partial charge is 0.508 e. The van der Waals surface area contributed by atoms with E-state index in [1.54, 1.807) is 12.1 Å². The maximum atomic E-state index is 15.1. The number of allylic oxidation sites excluding steroid dienone is 2. The maximum absolute atomic E-state index is 15.1. The van der Waals surface area contributed by atoms with Crippen LogP contribution in [0.25, 0.3) is 0 Å². The molecule has 8 heteroatoms. The Morgan fingerprint density at radius 2 is 1.65 bits per heavy atom. The molecule has 9 rings (SSSR count). The Morgan fingerprint density at radius 1 is 0.917 bits per heavy atom. The Hall–Kier alpha value is -3.04. The van der Waals surface area contributed by atoms with E-state index in [-0.39, 0.29) is 69.4 Å². The first-order valence-corrected chi connectivity index (χ1v) is 23.5. The van der Waals surface area contributed by atoms with Gasteiger partial charge in [-0.05, 0) is 153 Å². The van der Waals surface area contributed by atoms with E-state index in [4.69, 9.17) is 10.5 Å². The van der Waals surface area contributed by atoms with Gasteiger partial charge in [0.1, 0.15) is 17.6 Å². The molecule has 2 aliphatic heterocycles. The van der Waals surface area contributed by atoms with Gasteiger partial charge >= 0.3 is 0 Å². The van der Waals surface area contributed by atoms with Crippen LogP contribution in [0, 0.1) is 45.3 Å². The number of nitrogens with one attached hydrogen (secondary N) is 1. The number of hydrogen-bond donors (Lipinski definition) is 5. The van der Waals surface area contributed by atoms with Gasteiger partial charge in [-0.1, -0.05) is 83.7 Å². The fourth-order valence-corrected chi connectivity index (χ4v) is 16.1. The maximum Gasteiger partial charge on any atom is 0.159 e. The van der Waals surface area contributed by atoms with E-state index in [0.29, 0.717) is 44.1 Å². The third-order valence-corrected chi connectivity index (χ3v) is 18.9. The number of anilines is 1. The molecule has 6 N–H and O–H groups in total. The number of benzene rings is 2. The molecule has 0 amide bonds. The number of phenolic OH excluding ortho intramolecular Hbond substituents is 1. The number of carbonyl (C=O) groups is 2. The molecule has 2 aromatic carbocycles. The van der Waals surface area contributed by atoms with Gasteiger partial charge in [-0.15, -0.1) is 0 Å². The van der Waals surface area contributed by atoms with Crippen LogP contribution >= 0.6 is 0 Å². The first kappa shape index (κ1) is 42.3. The number of Topliss-reactive ketones (excluding diaryl/α,β-unsaturated/α-hetero) is 2. The molecule has 0 aromatic heterocycles. The van der Waals surface area contributed by atoms with Gasteiger partial charge in [-0.3, -0.25) is 9.59 Å². The number of carbonyl (C=O) groups excluding carboxylic acids is 2. The van der Waals surface area contributed by atoms with Crippen molar-refractivity contribution in [3.63, 3.8) is 0 Å². The molecule has 6 fully saturated rings. The molecule has 5 aliphatic carbocycles. The summed E-state index contributed by atoms with van der Waals surface area (Å²) in [5.41, 5.74) is 8.61. The third-order valence-electron chi connectivity index (χ3n) is 18.9. The zero-order valence-electron chi connectivity index (χ0n) is 37.4. The van der Waals surface area contributed by atoms with Gasteiger partial charge in [0.05, 0.1) is 17.3 Å². The average Bonchev–Trinajstić information content (AvgIpc) is 3.48. The van der Waals surface area contributed by atoms with Crippen molar-refractivity contribution in [3.8, 4) is 5.75 Å². The van der Waals surface area contributed by atoms with Gasteiger partial charge in [-0.25, -0.2) is 0 Å². The van der Waals surface area contributed by atoms with Crippen LogP contribution in [0.5, 0.6) is 5.75 Å². The number of hydrogen-bond acceptors (Lipinski definition) is 8. The second-order valence-corrected chi connectivity index (χ2v) is 22.6. The van der Waals surface area contributed by atoms with Gasteiger partial charge < -0.3 is 31.1 Å². The molecule has 15 unspecified atom stereocenters. The van der Waals surface area contributed by atoms with Crippen LogP contribution in [0.2, 0.25) is 0 Å². The van der Waals surface area contributed by atoms with Crippen molar-refractivity contribution in [2.75, 3.05) is 12.3 Å². The van der Waals surface area contributed by atoms with E-state index in [1.165, 1.54) is 11.1 Å². The third kappa shape index (κ3) is 6.41. The summed E-state index contributed by atoms with van der Waals surface area (Å²) in [7, 11) is 0. The van der Waals surface area contributed by atoms with Crippen molar-refractivity contribution < 1.29 is 29.6 Å². The fraction of sp³-hybridized carbons (Fsp3) is 0.692. The Morgan fingerprint density at radius 3 is 2.40 bits per heavy atom. The standard InChI is InChI=1S/C52H72N2O6/c1-30(23-40(56)46-52(7,60-46)37-18-12-17-35(37)31-13-10-15-33(53)24-31)43-38-19-20-42-49(4)26-36(32-14-11-16-34(55)25-32)45(58)48(3)22-9-8-21-47(2,59)29-54-39(44(48)49)27-51(42,6)50(38,5)28-41(43)57/h10-11,13-16,24-25,30,35-37,39-40,42,44,46,54-56,59H,8-9,12,17-23,26-29,53H2,1-7H3. The number of aliphatic hydroxyl groups excluding tert-OH is 1. The molecule has 2 aromatic rings. The first-order valence-electron chi connectivity index (χ1n) is 23.5. The molecule has 326 valence electrons. The second-order valence-electron chi connectivity index (χ2n) is 22.6. The normalized spacial score (nSPS) is 45.0. The van der Waals surface area contributed by atoms with Crippen LogP contribution in [0.1, 0.15) is 155 Å². The van der Waals surface area contributed by atoms with Gasteiger partial charge in [0.15, 0.2) is 5.78 Å². The summed E-state index contributed by atoms with van der Waals surface area (Å²) < 4.78 is 6.50. The highest BCUT2D eigenvalue weighted by atomic mass is 16.6. The Balaban J connectivity index is 1.03. The predicted octanol–water partition coefficient (Wildman–Crippen LogP) is 9.17. The summed E-state index contributed by atoms with van der Waals surface area (Å²) in [4.78, 5) is 29.8. The summed E-state index contributed by atoms with van der Waals surface area (Å²) >= 11 is 0. The highest BCUT2D eigenvalue weighted by Gasteiger charge is 2.72. The van der Waals surface area contributed by atoms with Crippen LogP contribution < -0.4 is 11.1 Å². The SMILES string of the molecule is CC(CC(O)C1OC1(C)C1CCCC1c1cccc(N)c1)C1=C2CCC3C4(C)CC(c5cccc(O)c5)C(=O)C5(C)CCCCC(C)(O)CNC(CC3(C)C2(C)CC1=O)C54. The number of aromatic hydroxyl groups is 1. The summed E-state index contributed by atoms with van der Waals surface area (Å²) in [5.74, 6) is 1.24. The predicted molar refractivity (Wildman–Crippen MR) is 235 cm³/mol. The fourth-order valence-electron chi connectivity index (χ4n) is 16.1. The molecule has 15 atom stereocenters. The number of rotatable bonds is 7. The number of β-amino-alcohol motifs (C(OH)–C–C–N with tert-alkyl or cyclic N) is 1. The lowest BCUT2D eigenvalue weighted by molar-refractivity contribution is -0.198. The minimum Gasteiger partial charge on any atom is -0.508 e. The molecule has 7 aliphatic rings. The van der Waals surface area contributed by atoms with Crippen molar-refractivity contribution in [1.82, 2.24) is 5.32 Å². The first-order chi connectivity index (χ1) is 28.3. The molecule has 2 heterocycles. The molecule has 4 saturated carbocycles. The number of epoxide rings is 1. The monoisotopic (exact) mass is 821 g/mol. The molecule has 2 saturated heterocycles. The summed E-state index contributed by atoms with van der Waals surface area (Å²) in [6.45, 7) is 16.2. The Labute approximate surface area is 358 Å². The summed E-state index contributed by atoms with van der Waals surface area (Å²) in [6.07, 6.45) is 9.82. The lowest BCUT2D eigenvalue weighted by Gasteiger charge is -2.71. The van der Waals surface area contributed by atoms with E-state index in [1.807, 2.05) is 31.2 Å². The number of phenols is 1. The summed E-state index contributed by atoms with van der Waals surface area (Å²) in [6, 6.07) is 15.6. The van der Waals surface area contributed by atoms with E-state index in [0.717, 1.165) is 74.6 Å². The van der Waals surface area contributed by atoms with Crippen LogP contribution in [0.3, 0.4) is 0 Å². The zero-order chi connectivity index (χ0) is 42.8. The Bertz CT molecular complexity index is 2080. The smallest absolute Gasteiger partial charge is 0.159 e. The topological polar surface area (TPSA) is 145 Å². The molecule has 0 bridgehead atoms. The van der Waals surface area contributed by atoms with E-state index in [9.17, 15) is 20.1 Å².